The molecule has 0 unspecified atom stereocenters. The van der Waals surface area contributed by atoms with Gasteiger partial charge in [0.15, 0.2) is 11.5 Å². The van der Waals surface area contributed by atoms with Gasteiger partial charge in [-0.2, -0.15) is 13.2 Å². The first-order valence-electron chi connectivity index (χ1n) is 9.77. The highest BCUT2D eigenvalue weighted by Gasteiger charge is 2.34. The molecule has 2 heterocycles. The van der Waals surface area contributed by atoms with E-state index in [0.29, 0.717) is 22.3 Å². The van der Waals surface area contributed by atoms with Gasteiger partial charge in [-0.1, -0.05) is 23.8 Å². The highest BCUT2D eigenvalue weighted by atomic mass is 35.5. The molecule has 1 N–H and O–H groups in total. The number of methoxy groups -OCH3 is 1. The number of nitrogens with one attached hydrogen (secondary N) is 1. The van der Waals surface area contributed by atoms with Crippen molar-refractivity contribution in [1.82, 2.24) is 15.0 Å². The van der Waals surface area contributed by atoms with Crippen LogP contribution in [0.25, 0.3) is 16.8 Å². The summed E-state index contributed by atoms with van der Waals surface area (Å²) in [5.74, 6) is 1.63. The van der Waals surface area contributed by atoms with Crippen molar-refractivity contribution >= 4 is 17.2 Å². The van der Waals surface area contributed by atoms with Crippen LogP contribution in [0.1, 0.15) is 24.4 Å². The Labute approximate surface area is 187 Å². The molecule has 166 valence electrons. The van der Waals surface area contributed by atoms with Crippen molar-refractivity contribution in [1.29, 1.82) is 0 Å². The molecule has 0 bridgehead atoms. The summed E-state index contributed by atoms with van der Waals surface area (Å²) in [7, 11) is 1.54. The molecular weight excluding hydrogens is 443 g/mol. The Morgan fingerprint density at radius 1 is 1.03 bits per heavy atom. The fourth-order valence-electron chi connectivity index (χ4n) is 3.30. The van der Waals surface area contributed by atoms with E-state index in [-0.39, 0.29) is 19.4 Å². The monoisotopic (exact) mass is 461 g/mol. The zero-order chi connectivity index (χ0) is 22.7. The summed E-state index contributed by atoms with van der Waals surface area (Å²) in [5.41, 5.74) is 2.45. The minimum Gasteiger partial charge on any atom is -0.493 e. The predicted molar refractivity (Wildman–Crippen MR) is 116 cm³/mol. The number of alkyl halides is 3. The summed E-state index contributed by atoms with van der Waals surface area (Å²) >= 11 is 5.85. The third-order valence-electron chi connectivity index (χ3n) is 5.03. The molecule has 4 rings (SSSR count). The van der Waals surface area contributed by atoms with Crippen LogP contribution in [-0.4, -0.2) is 28.2 Å². The second kappa shape index (κ2) is 9.08. The Hall–Kier alpha value is -3.26. The minimum absolute atomic E-state index is 0.0618. The van der Waals surface area contributed by atoms with Gasteiger partial charge in [-0.05, 0) is 48.7 Å². The fraction of sp³-hybridized carbons (Fsp3) is 0.217. The van der Waals surface area contributed by atoms with Gasteiger partial charge in [0.25, 0.3) is 0 Å². The van der Waals surface area contributed by atoms with Crippen LogP contribution in [0, 0.1) is 0 Å². The first-order chi connectivity index (χ1) is 15.3. The van der Waals surface area contributed by atoms with Crippen molar-refractivity contribution < 1.29 is 22.6 Å². The number of aromatic nitrogens is 3. The van der Waals surface area contributed by atoms with Gasteiger partial charge < -0.3 is 14.5 Å². The maximum absolute atomic E-state index is 12.8. The number of halogens is 4. The standard InChI is InChI=1S/C23H19ClF3N3O2/c1-31-21-10-15(4-9-20(21)32-13-18-8-7-17(24)11-28-18)19-12-29-22(30-19)14-2-5-16(6-3-14)23(25,26)27/h2,4-5,7-12H,3,6,13H2,1H3,(H,29,30). The number of imidazole rings is 1. The summed E-state index contributed by atoms with van der Waals surface area (Å²) in [6.45, 7) is 0.253. The molecule has 1 aliphatic rings. The Bertz CT molecular complexity index is 1170. The van der Waals surface area contributed by atoms with Crippen molar-refractivity contribution in [2.24, 2.45) is 0 Å². The Kier molecular flexibility index (Phi) is 6.23. The minimum atomic E-state index is -4.29. The number of H-pyrrole nitrogens is 1. The molecule has 0 spiro atoms. The van der Waals surface area contributed by atoms with Gasteiger partial charge in [-0.15, -0.1) is 0 Å². The largest absolute Gasteiger partial charge is 0.493 e. The molecule has 0 amide bonds. The molecule has 3 aromatic rings. The van der Waals surface area contributed by atoms with E-state index in [1.54, 1.807) is 43.8 Å². The highest BCUT2D eigenvalue weighted by molar-refractivity contribution is 6.30. The van der Waals surface area contributed by atoms with Crippen LogP contribution in [0.15, 0.2) is 60.5 Å². The molecule has 0 saturated carbocycles. The SMILES string of the molecule is COc1cc(-c2cnc(C3=CC=C(C(F)(F)F)CC3)[nH]2)ccc1OCc1ccc(Cl)cn1. The van der Waals surface area contributed by atoms with Crippen molar-refractivity contribution in [2.75, 3.05) is 7.11 Å². The predicted octanol–water partition coefficient (Wildman–Crippen LogP) is 6.38. The smallest absolute Gasteiger partial charge is 0.412 e. The topological polar surface area (TPSA) is 60.0 Å². The molecule has 5 nitrogen and oxygen atoms in total. The van der Waals surface area contributed by atoms with Crippen LogP contribution in [0.4, 0.5) is 13.2 Å². The summed E-state index contributed by atoms with van der Waals surface area (Å²) in [6, 6.07) is 8.95. The van der Waals surface area contributed by atoms with E-state index >= 15 is 0 Å². The molecule has 0 fully saturated rings. The second-order valence-corrected chi connectivity index (χ2v) is 7.59. The maximum Gasteiger partial charge on any atom is 0.412 e. The lowest BCUT2D eigenvalue weighted by molar-refractivity contribution is -0.0939. The molecular formula is C23H19ClF3N3O2. The zero-order valence-electron chi connectivity index (χ0n) is 17.0. The van der Waals surface area contributed by atoms with E-state index in [0.717, 1.165) is 28.6 Å². The average molecular weight is 462 g/mol. The molecule has 0 atom stereocenters. The van der Waals surface area contributed by atoms with Gasteiger partial charge in [-0.25, -0.2) is 4.98 Å². The maximum atomic E-state index is 12.8. The van der Waals surface area contributed by atoms with Crippen molar-refractivity contribution in [3.05, 3.63) is 77.0 Å². The molecule has 0 radical (unpaired) electrons. The van der Waals surface area contributed by atoms with Gasteiger partial charge >= 0.3 is 6.18 Å². The molecule has 0 aliphatic heterocycles. The Morgan fingerprint density at radius 2 is 1.88 bits per heavy atom. The lowest BCUT2D eigenvalue weighted by atomic mass is 9.97. The summed E-state index contributed by atoms with van der Waals surface area (Å²) in [4.78, 5) is 11.7. The molecule has 2 aromatic heterocycles. The van der Waals surface area contributed by atoms with Gasteiger partial charge in [0.05, 0.1) is 29.7 Å². The fourth-order valence-corrected chi connectivity index (χ4v) is 3.41. The molecule has 0 saturated heterocycles. The third kappa shape index (κ3) is 4.96. The number of nitrogens with zero attached hydrogens (tertiary/aromatic N) is 2. The summed E-state index contributed by atoms with van der Waals surface area (Å²) in [6.07, 6.45) is 1.70. The second-order valence-electron chi connectivity index (χ2n) is 7.15. The lowest BCUT2D eigenvalue weighted by Gasteiger charge is -2.15. The number of hydrogen-bond acceptors (Lipinski definition) is 4. The number of pyridine rings is 1. The van der Waals surface area contributed by atoms with E-state index in [4.69, 9.17) is 21.1 Å². The molecule has 1 aromatic carbocycles. The van der Waals surface area contributed by atoms with E-state index < -0.39 is 11.7 Å². The van der Waals surface area contributed by atoms with Crippen LogP contribution >= 0.6 is 11.6 Å². The number of rotatable bonds is 6. The first kappa shape index (κ1) is 22.0. The van der Waals surface area contributed by atoms with Gasteiger partial charge in [0, 0.05) is 17.3 Å². The summed E-state index contributed by atoms with van der Waals surface area (Å²) < 4.78 is 49.7. The van der Waals surface area contributed by atoms with Gasteiger partial charge in [0.2, 0.25) is 0 Å². The summed E-state index contributed by atoms with van der Waals surface area (Å²) in [5, 5.41) is 0.551. The average Bonchev–Trinajstić information content (AvgIpc) is 3.28. The molecule has 32 heavy (non-hydrogen) atoms. The van der Waals surface area contributed by atoms with E-state index in [2.05, 4.69) is 15.0 Å². The Morgan fingerprint density at radius 3 is 2.53 bits per heavy atom. The zero-order valence-corrected chi connectivity index (χ0v) is 17.8. The first-order valence-corrected chi connectivity index (χ1v) is 10.2. The van der Waals surface area contributed by atoms with Gasteiger partial charge in [-0.3, -0.25) is 4.98 Å². The third-order valence-corrected chi connectivity index (χ3v) is 5.26. The van der Waals surface area contributed by atoms with Crippen molar-refractivity contribution in [3.63, 3.8) is 0 Å². The Balaban J connectivity index is 1.50. The van der Waals surface area contributed by atoms with E-state index in [1.165, 1.54) is 6.08 Å². The molecule has 9 heteroatoms. The van der Waals surface area contributed by atoms with Crippen molar-refractivity contribution in [3.8, 4) is 22.8 Å². The number of benzene rings is 1. The molecule has 1 aliphatic carbocycles. The van der Waals surface area contributed by atoms with E-state index in [9.17, 15) is 13.2 Å². The van der Waals surface area contributed by atoms with Crippen LogP contribution in [0.2, 0.25) is 5.02 Å². The van der Waals surface area contributed by atoms with Crippen LogP contribution in [0.5, 0.6) is 11.5 Å². The van der Waals surface area contributed by atoms with Crippen LogP contribution in [0.3, 0.4) is 0 Å². The number of allylic oxidation sites excluding steroid dienone is 4. The van der Waals surface area contributed by atoms with Crippen LogP contribution < -0.4 is 9.47 Å². The van der Waals surface area contributed by atoms with Gasteiger partial charge in [0.1, 0.15) is 12.4 Å². The van der Waals surface area contributed by atoms with E-state index in [1.807, 2.05) is 6.07 Å². The van der Waals surface area contributed by atoms with Crippen molar-refractivity contribution in [2.45, 2.75) is 25.6 Å². The highest BCUT2D eigenvalue weighted by Crippen LogP contribution is 2.36. The number of ether oxygens (including phenoxy) is 2. The lowest BCUT2D eigenvalue weighted by Crippen LogP contribution is -2.13. The quantitative estimate of drug-likeness (QED) is 0.463. The van der Waals surface area contributed by atoms with Crippen LogP contribution in [-0.2, 0) is 6.61 Å². The normalized spacial score (nSPS) is 14.0. The number of hydrogen-bond donors (Lipinski definition) is 1. The number of aromatic amines is 1.